The van der Waals surface area contributed by atoms with Gasteiger partial charge >= 0.3 is 0 Å². The van der Waals surface area contributed by atoms with Gasteiger partial charge < -0.3 is 15.6 Å². The van der Waals surface area contributed by atoms with E-state index in [-0.39, 0.29) is 24.7 Å². The third-order valence-electron chi connectivity index (χ3n) is 3.60. The fraction of sp³-hybridized carbons (Fsp3) is 0.692. The molecule has 1 saturated heterocycles. The zero-order valence-electron chi connectivity index (χ0n) is 11.1. The highest BCUT2D eigenvalue weighted by atomic mass is 35.5. The van der Waals surface area contributed by atoms with Gasteiger partial charge in [-0.05, 0) is 18.6 Å². The molecule has 0 saturated carbocycles. The maximum absolute atomic E-state index is 9.53. The van der Waals surface area contributed by atoms with E-state index in [0.717, 1.165) is 17.3 Å². The molecule has 4 nitrogen and oxygen atoms in total. The molecule has 0 amide bonds. The van der Waals surface area contributed by atoms with Crippen molar-refractivity contribution < 1.29 is 9.84 Å². The van der Waals surface area contributed by atoms with Crippen molar-refractivity contribution in [1.82, 2.24) is 4.90 Å². The van der Waals surface area contributed by atoms with Crippen molar-refractivity contribution in [3.05, 3.63) is 21.3 Å². The molecule has 1 aliphatic heterocycles. The second-order valence-corrected chi connectivity index (χ2v) is 6.55. The number of hydrogen-bond donors (Lipinski definition) is 2. The Bertz CT molecular complexity index is 402. The van der Waals surface area contributed by atoms with Gasteiger partial charge in [-0.25, -0.2) is 0 Å². The summed E-state index contributed by atoms with van der Waals surface area (Å²) in [6.07, 6.45) is 0.885. The molecule has 0 aromatic carbocycles. The van der Waals surface area contributed by atoms with Crippen LogP contribution < -0.4 is 5.73 Å². The van der Waals surface area contributed by atoms with Crippen LogP contribution in [0.15, 0.2) is 12.1 Å². The Hall–Kier alpha value is -0.170. The first-order chi connectivity index (χ1) is 9.17. The average Bonchev–Trinajstić information content (AvgIpc) is 2.85. The normalized spacial score (nSPS) is 24.3. The summed E-state index contributed by atoms with van der Waals surface area (Å²) in [6.45, 7) is 4.21. The molecule has 3 N–H and O–H groups in total. The molecule has 0 radical (unpaired) electrons. The smallest absolute Gasteiger partial charge is 0.0931 e. The lowest BCUT2D eigenvalue weighted by molar-refractivity contribution is -0.0521. The van der Waals surface area contributed by atoms with Crippen molar-refractivity contribution in [2.75, 3.05) is 26.4 Å². The number of morpholine rings is 1. The van der Waals surface area contributed by atoms with Crippen LogP contribution in [0, 0.1) is 0 Å². The summed E-state index contributed by atoms with van der Waals surface area (Å²) >= 11 is 7.61. The van der Waals surface area contributed by atoms with Crippen LogP contribution >= 0.6 is 22.9 Å². The summed E-state index contributed by atoms with van der Waals surface area (Å²) in [5.74, 6) is 0. The minimum atomic E-state index is 0.0113. The number of aliphatic hydroxyl groups is 1. The summed E-state index contributed by atoms with van der Waals surface area (Å²) in [5.41, 5.74) is 6.31. The van der Waals surface area contributed by atoms with Crippen molar-refractivity contribution in [3.8, 4) is 0 Å². The van der Waals surface area contributed by atoms with Crippen molar-refractivity contribution in [1.29, 1.82) is 0 Å². The predicted molar refractivity (Wildman–Crippen MR) is 78.7 cm³/mol. The number of rotatable bonds is 5. The van der Waals surface area contributed by atoms with Crippen LogP contribution in [-0.4, -0.2) is 48.5 Å². The molecule has 1 aliphatic rings. The number of hydrogen-bond acceptors (Lipinski definition) is 5. The molecule has 0 bridgehead atoms. The van der Waals surface area contributed by atoms with Crippen LogP contribution in [0.4, 0.5) is 0 Å². The Morgan fingerprint density at radius 1 is 1.63 bits per heavy atom. The first kappa shape index (κ1) is 15.2. The minimum Gasteiger partial charge on any atom is -0.395 e. The van der Waals surface area contributed by atoms with E-state index in [9.17, 15) is 5.11 Å². The molecule has 2 heterocycles. The van der Waals surface area contributed by atoms with Gasteiger partial charge in [0.1, 0.15) is 0 Å². The highest BCUT2D eigenvalue weighted by Crippen LogP contribution is 2.34. The van der Waals surface area contributed by atoms with Gasteiger partial charge in [0.15, 0.2) is 0 Å². The molecular formula is C13H21ClN2O2S. The number of nitrogens with two attached hydrogens (primary N) is 1. The Labute approximate surface area is 123 Å². The van der Waals surface area contributed by atoms with Gasteiger partial charge in [-0.2, -0.15) is 0 Å². The third-order valence-corrected chi connectivity index (χ3v) is 4.91. The number of thiophene rings is 1. The minimum absolute atomic E-state index is 0.0113. The van der Waals surface area contributed by atoms with Crippen LogP contribution in [0.1, 0.15) is 24.3 Å². The lowest BCUT2D eigenvalue weighted by atomic mass is 10.0. The first-order valence-electron chi connectivity index (χ1n) is 6.62. The molecule has 0 aliphatic carbocycles. The average molecular weight is 305 g/mol. The van der Waals surface area contributed by atoms with Crippen LogP contribution in [-0.2, 0) is 4.74 Å². The van der Waals surface area contributed by atoms with E-state index in [1.54, 1.807) is 11.3 Å². The van der Waals surface area contributed by atoms with E-state index in [1.165, 1.54) is 4.88 Å². The number of aliphatic hydroxyl groups excluding tert-OH is 1. The summed E-state index contributed by atoms with van der Waals surface area (Å²) < 4.78 is 6.22. The fourth-order valence-electron chi connectivity index (χ4n) is 2.52. The van der Waals surface area contributed by atoms with Crippen molar-refractivity contribution >= 4 is 22.9 Å². The number of ether oxygens (including phenoxy) is 1. The van der Waals surface area contributed by atoms with E-state index in [2.05, 4.69) is 11.8 Å². The summed E-state index contributed by atoms with van der Waals surface area (Å²) in [4.78, 5) is 3.43. The van der Waals surface area contributed by atoms with Gasteiger partial charge in [0.2, 0.25) is 0 Å². The summed E-state index contributed by atoms with van der Waals surface area (Å²) in [6, 6.07) is 4.09. The largest absolute Gasteiger partial charge is 0.395 e. The van der Waals surface area contributed by atoms with Crippen molar-refractivity contribution in [2.45, 2.75) is 31.5 Å². The molecule has 6 heteroatoms. The topological polar surface area (TPSA) is 58.7 Å². The Kier molecular flexibility index (Phi) is 5.62. The van der Waals surface area contributed by atoms with Crippen molar-refractivity contribution in [3.63, 3.8) is 0 Å². The van der Waals surface area contributed by atoms with Crippen LogP contribution in [0.5, 0.6) is 0 Å². The first-order valence-corrected chi connectivity index (χ1v) is 7.82. The second kappa shape index (κ2) is 7.02. The fourth-order valence-corrected chi connectivity index (χ4v) is 3.78. The third kappa shape index (κ3) is 3.48. The standard InChI is InChI=1S/C13H21ClN2O2S/c1-2-10(15)13(11-3-4-12(14)19-11)16-5-6-18-8-9(16)7-17/h3-4,9-10,13,17H,2,5-8,15H2,1H3. The van der Waals surface area contributed by atoms with Gasteiger partial charge in [0.05, 0.1) is 36.2 Å². The van der Waals surface area contributed by atoms with Crippen LogP contribution in [0.2, 0.25) is 4.34 Å². The molecule has 1 aromatic heterocycles. The lowest BCUT2D eigenvalue weighted by Gasteiger charge is -2.42. The molecule has 108 valence electrons. The molecule has 19 heavy (non-hydrogen) atoms. The van der Waals surface area contributed by atoms with Gasteiger partial charge in [-0.1, -0.05) is 18.5 Å². The van der Waals surface area contributed by atoms with Gasteiger partial charge in [-0.15, -0.1) is 11.3 Å². The van der Waals surface area contributed by atoms with E-state index in [0.29, 0.717) is 13.2 Å². The van der Waals surface area contributed by atoms with Crippen LogP contribution in [0.25, 0.3) is 0 Å². The molecule has 3 unspecified atom stereocenters. The molecule has 0 spiro atoms. The molecule has 2 rings (SSSR count). The quantitative estimate of drug-likeness (QED) is 0.872. The zero-order chi connectivity index (χ0) is 13.8. The Morgan fingerprint density at radius 2 is 2.42 bits per heavy atom. The SMILES string of the molecule is CCC(N)C(c1ccc(Cl)s1)N1CCOCC1CO. The maximum atomic E-state index is 9.53. The van der Waals surface area contributed by atoms with E-state index < -0.39 is 0 Å². The van der Waals surface area contributed by atoms with Gasteiger partial charge in [0.25, 0.3) is 0 Å². The summed E-state index contributed by atoms with van der Waals surface area (Å²) in [5, 5.41) is 9.53. The van der Waals surface area contributed by atoms with Gasteiger partial charge in [-0.3, -0.25) is 4.90 Å². The number of nitrogens with zero attached hydrogens (tertiary/aromatic N) is 1. The van der Waals surface area contributed by atoms with Gasteiger partial charge in [0, 0.05) is 17.5 Å². The zero-order valence-corrected chi connectivity index (χ0v) is 12.7. The molecular weight excluding hydrogens is 284 g/mol. The molecule has 1 fully saturated rings. The predicted octanol–water partition coefficient (Wildman–Crippen LogP) is 1.87. The highest BCUT2D eigenvalue weighted by Gasteiger charge is 2.33. The van der Waals surface area contributed by atoms with Crippen LogP contribution in [0.3, 0.4) is 0 Å². The second-order valence-electron chi connectivity index (χ2n) is 4.81. The van der Waals surface area contributed by atoms with E-state index in [1.807, 2.05) is 12.1 Å². The molecule has 3 atom stereocenters. The molecule has 1 aromatic rings. The van der Waals surface area contributed by atoms with E-state index in [4.69, 9.17) is 22.1 Å². The maximum Gasteiger partial charge on any atom is 0.0931 e. The van der Waals surface area contributed by atoms with E-state index >= 15 is 0 Å². The van der Waals surface area contributed by atoms with Crippen molar-refractivity contribution in [2.24, 2.45) is 5.73 Å². The summed E-state index contributed by atoms with van der Waals surface area (Å²) in [7, 11) is 0. The lowest BCUT2D eigenvalue weighted by Crippen LogP contribution is -2.53. The Balaban J connectivity index is 2.26. The Morgan fingerprint density at radius 3 is 3.00 bits per heavy atom. The monoisotopic (exact) mass is 304 g/mol. The highest BCUT2D eigenvalue weighted by molar-refractivity contribution is 7.16. The number of halogens is 1.